The lowest BCUT2D eigenvalue weighted by Gasteiger charge is -2.14. The Bertz CT molecular complexity index is 506. The van der Waals surface area contributed by atoms with Gasteiger partial charge in [0.2, 0.25) is 5.91 Å². The molecule has 1 amide bonds. The van der Waals surface area contributed by atoms with Crippen LogP contribution in [0.3, 0.4) is 0 Å². The van der Waals surface area contributed by atoms with Crippen molar-refractivity contribution in [3.8, 4) is 23.8 Å². The zero-order valence-corrected chi connectivity index (χ0v) is 10.2. The number of amides is 1. The van der Waals surface area contributed by atoms with Crippen molar-refractivity contribution in [1.29, 1.82) is 0 Å². The second kappa shape index (κ2) is 5.92. The van der Waals surface area contributed by atoms with Gasteiger partial charge < -0.3 is 15.2 Å². The molecule has 0 spiro atoms. The molecule has 0 aliphatic heterocycles. The third-order valence-electron chi connectivity index (χ3n) is 2.43. The Morgan fingerprint density at radius 2 is 2.28 bits per heavy atom. The molecule has 0 aromatic heterocycles. The molecular weight excluding hydrogens is 237 g/mol. The molecule has 0 aliphatic carbocycles. The molecule has 96 valence electrons. The van der Waals surface area contributed by atoms with Gasteiger partial charge in [0.25, 0.3) is 0 Å². The van der Waals surface area contributed by atoms with E-state index in [4.69, 9.17) is 21.6 Å². The summed E-state index contributed by atoms with van der Waals surface area (Å²) in [7, 11) is 1.34. The summed E-state index contributed by atoms with van der Waals surface area (Å²) in [6.45, 7) is 1.62. The lowest BCUT2D eigenvalue weighted by Crippen LogP contribution is -2.16. The van der Waals surface area contributed by atoms with E-state index in [0.717, 1.165) is 0 Å². The maximum atomic E-state index is 14.2. The quantitative estimate of drug-likeness (QED) is 0.807. The molecule has 0 fully saturated rings. The lowest BCUT2D eigenvalue weighted by molar-refractivity contribution is 0.0998. The van der Waals surface area contributed by atoms with Crippen molar-refractivity contribution in [3.63, 3.8) is 0 Å². The van der Waals surface area contributed by atoms with Crippen LogP contribution in [0.4, 0.5) is 4.39 Å². The van der Waals surface area contributed by atoms with Crippen LogP contribution in [0, 0.1) is 18.2 Å². The van der Waals surface area contributed by atoms with Gasteiger partial charge in [-0.2, -0.15) is 0 Å². The van der Waals surface area contributed by atoms with E-state index in [1.165, 1.54) is 13.2 Å². The number of methoxy groups -OCH3 is 1. The molecule has 5 heteroatoms. The minimum absolute atomic E-state index is 0.0832. The topological polar surface area (TPSA) is 61.6 Å². The predicted molar refractivity (Wildman–Crippen MR) is 65.2 cm³/mol. The molecule has 0 radical (unpaired) electrons. The first-order valence-electron chi connectivity index (χ1n) is 5.32. The molecule has 0 saturated heterocycles. The number of terminal acetylenes is 1. The molecule has 1 aromatic carbocycles. The Balaban J connectivity index is 3.43. The number of carbonyl (C=O) groups excluding carboxylic acids is 1. The van der Waals surface area contributed by atoms with E-state index in [2.05, 4.69) is 5.92 Å². The SMILES string of the molecule is C#CCOc1c(OC)cc(C(N)=O)c(CC)c1F. The Hall–Kier alpha value is -2.22. The highest BCUT2D eigenvalue weighted by molar-refractivity contribution is 5.95. The molecular formula is C13H14FNO3. The number of carbonyl (C=O) groups is 1. The van der Waals surface area contributed by atoms with Gasteiger partial charge >= 0.3 is 0 Å². The molecule has 1 rings (SSSR count). The highest BCUT2D eigenvalue weighted by Gasteiger charge is 2.21. The van der Waals surface area contributed by atoms with Gasteiger partial charge in [-0.05, 0) is 12.5 Å². The number of rotatable bonds is 5. The fourth-order valence-electron chi connectivity index (χ4n) is 1.61. The van der Waals surface area contributed by atoms with Crippen LogP contribution in [0.15, 0.2) is 6.07 Å². The fraction of sp³-hybridized carbons (Fsp3) is 0.308. The number of halogens is 1. The molecule has 0 saturated carbocycles. The lowest BCUT2D eigenvalue weighted by atomic mass is 10.0. The van der Waals surface area contributed by atoms with E-state index in [-0.39, 0.29) is 29.2 Å². The summed E-state index contributed by atoms with van der Waals surface area (Å²) in [5.74, 6) is 0.844. The smallest absolute Gasteiger partial charge is 0.249 e. The standard InChI is InChI=1S/C13H14FNO3/c1-4-6-18-12-10(17-3)7-9(13(15)16)8(5-2)11(12)14/h1,7H,5-6H2,2-3H3,(H2,15,16). The maximum absolute atomic E-state index is 14.2. The second-order valence-electron chi connectivity index (χ2n) is 3.46. The molecule has 0 atom stereocenters. The third-order valence-corrected chi connectivity index (χ3v) is 2.43. The van der Waals surface area contributed by atoms with Crippen LogP contribution in [0.5, 0.6) is 11.5 Å². The Kier molecular flexibility index (Phi) is 4.55. The van der Waals surface area contributed by atoms with Crippen LogP contribution >= 0.6 is 0 Å². The molecule has 4 nitrogen and oxygen atoms in total. The largest absolute Gasteiger partial charge is 0.493 e. The molecule has 1 aromatic rings. The van der Waals surface area contributed by atoms with Crippen molar-refractivity contribution in [2.45, 2.75) is 13.3 Å². The minimum Gasteiger partial charge on any atom is -0.493 e. The molecule has 2 N–H and O–H groups in total. The number of ether oxygens (including phenoxy) is 2. The third kappa shape index (κ3) is 2.54. The first kappa shape index (κ1) is 13.8. The van der Waals surface area contributed by atoms with E-state index >= 15 is 0 Å². The minimum atomic E-state index is -0.715. The molecule has 0 unspecified atom stereocenters. The number of primary amides is 1. The van der Waals surface area contributed by atoms with Crippen LogP contribution in [-0.4, -0.2) is 19.6 Å². The van der Waals surface area contributed by atoms with Gasteiger partial charge in [0.15, 0.2) is 17.3 Å². The highest BCUT2D eigenvalue weighted by Crippen LogP contribution is 2.35. The number of benzene rings is 1. The van der Waals surface area contributed by atoms with Crippen molar-refractivity contribution >= 4 is 5.91 Å². The van der Waals surface area contributed by atoms with Crippen molar-refractivity contribution in [1.82, 2.24) is 0 Å². The Morgan fingerprint density at radius 1 is 1.61 bits per heavy atom. The first-order chi connectivity index (χ1) is 8.56. The van der Waals surface area contributed by atoms with E-state index < -0.39 is 11.7 Å². The second-order valence-corrected chi connectivity index (χ2v) is 3.46. The van der Waals surface area contributed by atoms with Gasteiger partial charge in [-0.3, -0.25) is 4.79 Å². The summed E-state index contributed by atoms with van der Waals surface area (Å²) in [5, 5.41) is 0. The van der Waals surface area contributed by atoms with E-state index in [1.807, 2.05) is 0 Å². The van der Waals surface area contributed by atoms with Crippen molar-refractivity contribution in [2.75, 3.05) is 13.7 Å². The normalized spacial score (nSPS) is 9.67. The Morgan fingerprint density at radius 3 is 2.72 bits per heavy atom. The first-order valence-corrected chi connectivity index (χ1v) is 5.32. The van der Waals surface area contributed by atoms with E-state index in [0.29, 0.717) is 6.42 Å². The van der Waals surface area contributed by atoms with E-state index in [1.54, 1.807) is 6.92 Å². The summed E-state index contributed by atoms with van der Waals surface area (Å²) in [4.78, 5) is 11.3. The number of nitrogens with two attached hydrogens (primary N) is 1. The average Bonchev–Trinajstić information content (AvgIpc) is 2.36. The van der Waals surface area contributed by atoms with Crippen LogP contribution in [-0.2, 0) is 6.42 Å². The summed E-state index contributed by atoms with van der Waals surface area (Å²) in [6.07, 6.45) is 5.36. The van der Waals surface area contributed by atoms with Gasteiger partial charge in [-0.25, -0.2) is 4.39 Å². The van der Waals surface area contributed by atoms with Crippen molar-refractivity contribution in [2.24, 2.45) is 5.73 Å². The van der Waals surface area contributed by atoms with Crippen LogP contribution in [0.25, 0.3) is 0 Å². The number of hydrogen-bond acceptors (Lipinski definition) is 3. The zero-order valence-electron chi connectivity index (χ0n) is 10.2. The summed E-state index contributed by atoms with van der Waals surface area (Å²) < 4.78 is 24.3. The van der Waals surface area contributed by atoms with Crippen LogP contribution < -0.4 is 15.2 Å². The van der Waals surface area contributed by atoms with Crippen molar-refractivity contribution in [3.05, 3.63) is 23.0 Å². The molecule has 0 heterocycles. The van der Waals surface area contributed by atoms with Crippen molar-refractivity contribution < 1.29 is 18.7 Å². The monoisotopic (exact) mass is 251 g/mol. The van der Waals surface area contributed by atoms with Gasteiger partial charge in [0, 0.05) is 11.1 Å². The van der Waals surface area contributed by atoms with Gasteiger partial charge in [0.05, 0.1) is 7.11 Å². The van der Waals surface area contributed by atoms with Crippen LogP contribution in [0.1, 0.15) is 22.8 Å². The van der Waals surface area contributed by atoms with E-state index in [9.17, 15) is 9.18 Å². The average molecular weight is 251 g/mol. The summed E-state index contributed by atoms with van der Waals surface area (Å²) in [5.41, 5.74) is 5.47. The molecule has 0 aliphatic rings. The fourth-order valence-corrected chi connectivity index (χ4v) is 1.61. The highest BCUT2D eigenvalue weighted by atomic mass is 19.1. The summed E-state index contributed by atoms with van der Waals surface area (Å²) in [6, 6.07) is 1.36. The van der Waals surface area contributed by atoms with Gasteiger partial charge in [-0.15, -0.1) is 6.42 Å². The maximum Gasteiger partial charge on any atom is 0.249 e. The molecule has 0 bridgehead atoms. The number of hydrogen-bond donors (Lipinski definition) is 1. The van der Waals surface area contributed by atoms with Crippen LogP contribution in [0.2, 0.25) is 0 Å². The summed E-state index contributed by atoms with van der Waals surface area (Å²) >= 11 is 0. The zero-order chi connectivity index (χ0) is 13.7. The van der Waals surface area contributed by atoms with Gasteiger partial charge in [-0.1, -0.05) is 12.8 Å². The van der Waals surface area contributed by atoms with Gasteiger partial charge in [0.1, 0.15) is 6.61 Å². The Labute approximate surface area is 105 Å². The predicted octanol–water partition coefficient (Wildman–Crippen LogP) is 1.51. The molecule has 18 heavy (non-hydrogen) atoms.